The Morgan fingerprint density at radius 3 is 2.50 bits per heavy atom. The summed E-state index contributed by atoms with van der Waals surface area (Å²) in [5.74, 6) is 0.533. The molecule has 3 N–H and O–H groups in total. The smallest absolute Gasteiger partial charge is 0.403 e. The van der Waals surface area contributed by atoms with Crippen LogP contribution in [0.25, 0.3) is 0 Å². The molecule has 7 heteroatoms. The first-order valence-electron chi connectivity index (χ1n) is 5.09. The Balaban J connectivity index is 2.79. The van der Waals surface area contributed by atoms with Crippen LogP contribution in [0.2, 0.25) is 0 Å². The maximum atomic E-state index is 12.3. The number of rotatable bonds is 4. The summed E-state index contributed by atoms with van der Waals surface area (Å²) in [5.41, 5.74) is 5.31. The molecule has 0 saturated carbocycles. The maximum Gasteiger partial charge on any atom is 0.403 e. The fourth-order valence-electron chi connectivity index (χ4n) is 1.40. The van der Waals surface area contributed by atoms with Crippen LogP contribution in [0.1, 0.15) is 18.1 Å². The van der Waals surface area contributed by atoms with Gasteiger partial charge in [-0.1, -0.05) is 6.07 Å². The van der Waals surface area contributed by atoms with Gasteiger partial charge >= 0.3 is 6.18 Å². The van der Waals surface area contributed by atoms with Crippen molar-refractivity contribution in [2.24, 2.45) is 5.73 Å². The number of hydrogen-bond donors (Lipinski definition) is 2. The van der Waals surface area contributed by atoms with E-state index in [1.54, 1.807) is 6.07 Å². The first-order valence-corrected chi connectivity index (χ1v) is 5.88. The van der Waals surface area contributed by atoms with E-state index >= 15 is 0 Å². The highest BCUT2D eigenvalue weighted by molar-refractivity contribution is 9.10. The van der Waals surface area contributed by atoms with Crippen LogP contribution in [-0.2, 0) is 0 Å². The highest BCUT2D eigenvalue weighted by Crippen LogP contribution is 2.31. The predicted molar refractivity (Wildman–Crippen MR) is 64.3 cm³/mol. The Hall–Kier alpha value is -0.790. The Kier molecular flexibility index (Phi) is 5.01. The lowest BCUT2D eigenvalue weighted by atomic mass is 10.0. The molecule has 1 aromatic carbocycles. The molecule has 0 radical (unpaired) electrons. The van der Waals surface area contributed by atoms with Gasteiger partial charge in [0.25, 0.3) is 0 Å². The molecule has 1 rings (SSSR count). The SMILES string of the molecule is COc1ccc([C@@H](O)C[C@@H](N)C(F)(F)F)cc1Br. The summed E-state index contributed by atoms with van der Waals surface area (Å²) in [6, 6.07) is 2.51. The van der Waals surface area contributed by atoms with Gasteiger partial charge in [-0.3, -0.25) is 0 Å². The van der Waals surface area contributed by atoms with Crippen molar-refractivity contribution in [1.82, 2.24) is 0 Å². The van der Waals surface area contributed by atoms with Gasteiger partial charge in [0.05, 0.1) is 17.7 Å². The number of benzene rings is 1. The summed E-state index contributed by atoms with van der Waals surface area (Å²) in [7, 11) is 1.47. The number of aliphatic hydroxyl groups excluding tert-OH is 1. The monoisotopic (exact) mass is 327 g/mol. The molecule has 0 spiro atoms. The van der Waals surface area contributed by atoms with Crippen molar-refractivity contribution in [3.63, 3.8) is 0 Å². The number of alkyl halides is 3. The average molecular weight is 328 g/mol. The largest absolute Gasteiger partial charge is 0.496 e. The Labute approximate surface area is 111 Å². The molecular weight excluding hydrogens is 315 g/mol. The van der Waals surface area contributed by atoms with E-state index in [9.17, 15) is 18.3 Å². The molecule has 2 atom stereocenters. The minimum absolute atomic E-state index is 0.349. The summed E-state index contributed by atoms with van der Waals surface area (Å²) in [6.45, 7) is 0. The minimum Gasteiger partial charge on any atom is -0.496 e. The molecule has 0 aliphatic rings. The third-order valence-corrected chi connectivity index (χ3v) is 3.08. The summed E-state index contributed by atoms with van der Waals surface area (Å²) < 4.78 is 42.3. The van der Waals surface area contributed by atoms with E-state index in [4.69, 9.17) is 10.5 Å². The summed E-state index contributed by atoms with van der Waals surface area (Å²) >= 11 is 3.19. The number of halogens is 4. The van der Waals surface area contributed by atoms with Crippen LogP contribution in [0.15, 0.2) is 22.7 Å². The molecule has 102 valence electrons. The molecule has 1 aromatic rings. The second kappa shape index (κ2) is 5.90. The topological polar surface area (TPSA) is 55.5 Å². The fourth-order valence-corrected chi connectivity index (χ4v) is 1.96. The molecule has 0 unspecified atom stereocenters. The Morgan fingerprint density at radius 1 is 1.44 bits per heavy atom. The highest BCUT2D eigenvalue weighted by atomic mass is 79.9. The van der Waals surface area contributed by atoms with Crippen molar-refractivity contribution in [2.45, 2.75) is 24.7 Å². The number of aliphatic hydroxyl groups is 1. The van der Waals surface area contributed by atoms with Crippen LogP contribution in [0.3, 0.4) is 0 Å². The van der Waals surface area contributed by atoms with Gasteiger partial charge in [-0.2, -0.15) is 13.2 Å². The Bertz CT molecular complexity index is 412. The van der Waals surface area contributed by atoms with Gasteiger partial charge in [0.15, 0.2) is 0 Å². The van der Waals surface area contributed by atoms with E-state index < -0.39 is 24.7 Å². The molecule has 0 aliphatic heterocycles. The van der Waals surface area contributed by atoms with E-state index in [0.29, 0.717) is 15.8 Å². The standard InChI is InChI=1S/C11H13BrF3NO2/c1-18-9-3-2-6(4-7(9)12)8(17)5-10(16)11(13,14)15/h2-4,8,10,17H,5,16H2,1H3/t8-,10+/m0/s1. The van der Waals surface area contributed by atoms with Crippen LogP contribution in [0, 0.1) is 0 Å². The van der Waals surface area contributed by atoms with Gasteiger partial charge in [0.1, 0.15) is 11.8 Å². The van der Waals surface area contributed by atoms with Gasteiger partial charge in [0.2, 0.25) is 0 Å². The lowest BCUT2D eigenvalue weighted by Gasteiger charge is -2.19. The number of ether oxygens (including phenoxy) is 1. The number of methoxy groups -OCH3 is 1. The van der Waals surface area contributed by atoms with Crippen LogP contribution in [0.5, 0.6) is 5.75 Å². The van der Waals surface area contributed by atoms with Gasteiger partial charge in [-0.25, -0.2) is 0 Å². The summed E-state index contributed by atoms with van der Waals surface area (Å²) in [4.78, 5) is 0. The molecule has 3 nitrogen and oxygen atoms in total. The first-order chi connectivity index (χ1) is 8.25. The fraction of sp³-hybridized carbons (Fsp3) is 0.455. The van der Waals surface area contributed by atoms with Gasteiger partial charge in [-0.05, 0) is 33.6 Å². The van der Waals surface area contributed by atoms with Crippen molar-refractivity contribution in [3.05, 3.63) is 28.2 Å². The van der Waals surface area contributed by atoms with Crippen LogP contribution in [-0.4, -0.2) is 24.4 Å². The number of nitrogens with two attached hydrogens (primary N) is 1. The Morgan fingerprint density at radius 2 is 2.06 bits per heavy atom. The summed E-state index contributed by atoms with van der Waals surface area (Å²) in [6.07, 6.45) is -6.36. The molecule has 0 aromatic heterocycles. The van der Waals surface area contributed by atoms with Crippen molar-refractivity contribution in [2.75, 3.05) is 7.11 Å². The van der Waals surface area contributed by atoms with Crippen LogP contribution in [0.4, 0.5) is 13.2 Å². The third kappa shape index (κ3) is 3.86. The quantitative estimate of drug-likeness (QED) is 0.894. The molecule has 18 heavy (non-hydrogen) atoms. The lowest BCUT2D eigenvalue weighted by molar-refractivity contribution is -0.153. The molecule has 0 saturated heterocycles. The van der Waals surface area contributed by atoms with Crippen molar-refractivity contribution < 1.29 is 23.0 Å². The predicted octanol–water partition coefficient (Wildman–Crippen LogP) is 2.77. The molecule has 0 heterocycles. The average Bonchev–Trinajstić information content (AvgIpc) is 2.27. The normalized spacial score (nSPS) is 15.3. The number of hydrogen-bond acceptors (Lipinski definition) is 3. The second-order valence-electron chi connectivity index (χ2n) is 3.79. The zero-order valence-electron chi connectivity index (χ0n) is 9.54. The maximum absolute atomic E-state index is 12.3. The summed E-state index contributed by atoms with van der Waals surface area (Å²) in [5, 5.41) is 9.70. The van der Waals surface area contributed by atoms with Crippen molar-refractivity contribution >= 4 is 15.9 Å². The first kappa shape index (κ1) is 15.3. The van der Waals surface area contributed by atoms with E-state index in [1.807, 2.05) is 0 Å². The third-order valence-electron chi connectivity index (χ3n) is 2.46. The van der Waals surface area contributed by atoms with Gasteiger partial charge < -0.3 is 15.6 Å². The van der Waals surface area contributed by atoms with Crippen molar-refractivity contribution in [1.29, 1.82) is 0 Å². The zero-order chi connectivity index (χ0) is 13.9. The zero-order valence-corrected chi connectivity index (χ0v) is 11.1. The van der Waals surface area contributed by atoms with Crippen LogP contribution < -0.4 is 10.5 Å². The molecule has 0 aliphatic carbocycles. The molecule has 0 fully saturated rings. The molecule has 0 amide bonds. The van der Waals surface area contributed by atoms with E-state index in [1.165, 1.54) is 19.2 Å². The lowest BCUT2D eigenvalue weighted by Crippen LogP contribution is -2.38. The highest BCUT2D eigenvalue weighted by Gasteiger charge is 2.37. The molecule has 0 bridgehead atoms. The van der Waals surface area contributed by atoms with Crippen LogP contribution >= 0.6 is 15.9 Å². The van der Waals surface area contributed by atoms with Crippen molar-refractivity contribution in [3.8, 4) is 5.75 Å². The van der Waals surface area contributed by atoms with E-state index in [0.717, 1.165) is 0 Å². The molecular formula is C11H13BrF3NO2. The van der Waals surface area contributed by atoms with Gasteiger partial charge in [0, 0.05) is 6.42 Å². The van der Waals surface area contributed by atoms with Gasteiger partial charge in [-0.15, -0.1) is 0 Å². The second-order valence-corrected chi connectivity index (χ2v) is 4.65. The minimum atomic E-state index is -4.51. The van der Waals surface area contributed by atoms with E-state index in [-0.39, 0.29) is 0 Å². The van der Waals surface area contributed by atoms with E-state index in [2.05, 4.69) is 15.9 Å².